The molecule has 3 N–H and O–H groups in total. The first-order valence-corrected chi connectivity index (χ1v) is 8.13. The monoisotopic (exact) mass is 316 g/mol. The maximum Gasteiger partial charge on any atom is 0.251 e. The quantitative estimate of drug-likeness (QED) is 0.573. The van der Waals surface area contributed by atoms with Crippen LogP contribution in [0.25, 0.3) is 0 Å². The molecule has 3 rings (SSSR count). The van der Waals surface area contributed by atoms with Crippen molar-refractivity contribution in [3.8, 4) is 0 Å². The number of nitrogens with zero attached hydrogens (tertiary/aromatic N) is 1. The van der Waals surface area contributed by atoms with Gasteiger partial charge in [-0.25, -0.2) is 0 Å². The first kappa shape index (κ1) is 15.8. The van der Waals surface area contributed by atoms with E-state index in [2.05, 4.69) is 20.9 Å². The molecule has 6 heteroatoms. The Morgan fingerprint density at radius 1 is 1.30 bits per heavy atom. The minimum atomic E-state index is -0.0710. The van der Waals surface area contributed by atoms with Crippen LogP contribution < -0.4 is 16.0 Å². The van der Waals surface area contributed by atoms with Gasteiger partial charge in [-0.05, 0) is 37.0 Å². The second kappa shape index (κ2) is 7.00. The number of benzene rings is 1. The molecular formula is C17H24N4O2. The van der Waals surface area contributed by atoms with Crippen LogP contribution in [0.5, 0.6) is 0 Å². The third-order valence-corrected chi connectivity index (χ3v) is 4.55. The van der Waals surface area contributed by atoms with Gasteiger partial charge in [-0.3, -0.25) is 9.79 Å². The number of aliphatic imine (C=N–C) groups is 1. The Hall–Kier alpha value is -2.08. The molecule has 0 saturated carbocycles. The summed E-state index contributed by atoms with van der Waals surface area (Å²) in [4.78, 5) is 15.8. The molecule has 3 unspecified atom stereocenters. The zero-order chi connectivity index (χ0) is 16.2. The lowest BCUT2D eigenvalue weighted by atomic mass is 9.96. The highest BCUT2D eigenvalue weighted by Gasteiger charge is 2.41. The van der Waals surface area contributed by atoms with Crippen LogP contribution in [0.3, 0.4) is 0 Å². The Morgan fingerprint density at radius 2 is 2.09 bits per heavy atom. The van der Waals surface area contributed by atoms with Gasteiger partial charge in [-0.1, -0.05) is 12.1 Å². The number of nitrogens with one attached hydrogen (secondary N) is 3. The van der Waals surface area contributed by atoms with Crippen molar-refractivity contribution in [2.45, 2.75) is 44.1 Å². The highest BCUT2D eigenvalue weighted by atomic mass is 16.5. The molecule has 2 bridgehead atoms. The lowest BCUT2D eigenvalue weighted by Gasteiger charge is -2.22. The highest BCUT2D eigenvalue weighted by Crippen LogP contribution is 2.34. The molecule has 1 aromatic carbocycles. The zero-order valence-electron chi connectivity index (χ0n) is 13.6. The predicted octanol–water partition coefficient (Wildman–Crippen LogP) is 1.03. The smallest absolute Gasteiger partial charge is 0.251 e. The van der Waals surface area contributed by atoms with Gasteiger partial charge in [0.05, 0.1) is 18.2 Å². The summed E-state index contributed by atoms with van der Waals surface area (Å²) in [5.74, 6) is 0.722. The van der Waals surface area contributed by atoms with Crippen LogP contribution in [0.15, 0.2) is 29.3 Å². The molecule has 2 aliphatic rings. The van der Waals surface area contributed by atoms with E-state index in [0.717, 1.165) is 24.4 Å². The van der Waals surface area contributed by atoms with E-state index in [1.165, 1.54) is 6.42 Å². The van der Waals surface area contributed by atoms with Gasteiger partial charge in [0.25, 0.3) is 5.91 Å². The number of guanidine groups is 1. The largest absolute Gasteiger partial charge is 0.373 e. The molecule has 0 aliphatic carbocycles. The van der Waals surface area contributed by atoms with Crippen LogP contribution in [0.2, 0.25) is 0 Å². The second-order valence-corrected chi connectivity index (χ2v) is 6.06. The van der Waals surface area contributed by atoms with Gasteiger partial charge < -0.3 is 20.7 Å². The predicted molar refractivity (Wildman–Crippen MR) is 89.5 cm³/mol. The van der Waals surface area contributed by atoms with Gasteiger partial charge in [0.15, 0.2) is 5.96 Å². The summed E-state index contributed by atoms with van der Waals surface area (Å²) >= 11 is 0. The van der Waals surface area contributed by atoms with E-state index in [-0.39, 0.29) is 5.91 Å². The van der Waals surface area contributed by atoms with Gasteiger partial charge in [-0.15, -0.1) is 0 Å². The molecule has 0 aromatic heterocycles. The van der Waals surface area contributed by atoms with Gasteiger partial charge >= 0.3 is 0 Å². The normalized spacial score (nSPS) is 26.2. The topological polar surface area (TPSA) is 74.8 Å². The average Bonchev–Trinajstić information content (AvgIpc) is 3.21. The van der Waals surface area contributed by atoms with Crippen molar-refractivity contribution in [1.82, 2.24) is 16.0 Å². The fourth-order valence-corrected chi connectivity index (χ4v) is 3.26. The Balaban J connectivity index is 1.51. The molecule has 2 aliphatic heterocycles. The number of carbonyl (C=O) groups is 1. The van der Waals surface area contributed by atoms with Gasteiger partial charge in [0.1, 0.15) is 0 Å². The average molecular weight is 316 g/mol. The summed E-state index contributed by atoms with van der Waals surface area (Å²) < 4.78 is 5.86. The maximum absolute atomic E-state index is 11.5. The number of ether oxygens (including phenoxy) is 1. The van der Waals surface area contributed by atoms with Crippen molar-refractivity contribution in [1.29, 1.82) is 0 Å². The first-order valence-electron chi connectivity index (χ1n) is 8.13. The van der Waals surface area contributed by atoms with Crippen molar-refractivity contribution >= 4 is 11.9 Å². The fraction of sp³-hybridized carbons (Fsp3) is 0.529. The molecule has 23 heavy (non-hydrogen) atoms. The SMILES string of the molecule is CN=C(NCc1ccc(C(=O)NC)cc1)NC1CC2CCC1O2. The molecule has 1 amide bonds. The molecule has 2 fully saturated rings. The molecule has 0 radical (unpaired) electrons. The lowest BCUT2D eigenvalue weighted by Crippen LogP contribution is -2.47. The number of hydrogen-bond acceptors (Lipinski definition) is 3. The minimum Gasteiger partial charge on any atom is -0.373 e. The van der Waals surface area contributed by atoms with Crippen molar-refractivity contribution in [3.63, 3.8) is 0 Å². The second-order valence-electron chi connectivity index (χ2n) is 6.06. The van der Waals surface area contributed by atoms with Gasteiger partial charge in [-0.2, -0.15) is 0 Å². The summed E-state index contributed by atoms with van der Waals surface area (Å²) in [5, 5.41) is 9.39. The zero-order valence-corrected chi connectivity index (χ0v) is 13.6. The summed E-state index contributed by atoms with van der Waals surface area (Å²) in [6.45, 7) is 0.662. The lowest BCUT2D eigenvalue weighted by molar-refractivity contribution is 0.0962. The molecule has 1 aromatic rings. The van der Waals surface area contributed by atoms with E-state index in [4.69, 9.17) is 4.74 Å². The Bertz CT molecular complexity index is 585. The van der Waals surface area contributed by atoms with Gasteiger partial charge in [0, 0.05) is 26.2 Å². The fourth-order valence-electron chi connectivity index (χ4n) is 3.26. The maximum atomic E-state index is 11.5. The molecule has 3 atom stereocenters. The summed E-state index contributed by atoms with van der Waals surface area (Å²) in [6.07, 6.45) is 4.14. The van der Waals surface area contributed by atoms with Crippen molar-refractivity contribution in [3.05, 3.63) is 35.4 Å². The number of hydrogen-bond donors (Lipinski definition) is 3. The van der Waals surface area contributed by atoms with Gasteiger partial charge in [0.2, 0.25) is 0 Å². The molecule has 124 valence electrons. The third kappa shape index (κ3) is 3.64. The van der Waals surface area contributed by atoms with Crippen LogP contribution in [-0.2, 0) is 11.3 Å². The highest BCUT2D eigenvalue weighted by molar-refractivity contribution is 5.93. The van der Waals surface area contributed by atoms with Crippen molar-refractivity contribution in [2.75, 3.05) is 14.1 Å². The summed E-state index contributed by atoms with van der Waals surface area (Å²) in [5.41, 5.74) is 1.77. The molecular weight excluding hydrogens is 292 g/mol. The summed E-state index contributed by atoms with van der Waals surface area (Å²) in [7, 11) is 3.41. The Morgan fingerprint density at radius 3 is 2.65 bits per heavy atom. The molecule has 6 nitrogen and oxygen atoms in total. The number of carbonyl (C=O) groups excluding carboxylic acids is 1. The van der Waals surface area contributed by atoms with Crippen LogP contribution in [-0.4, -0.2) is 44.2 Å². The van der Waals surface area contributed by atoms with Crippen LogP contribution >= 0.6 is 0 Å². The van der Waals surface area contributed by atoms with Crippen LogP contribution in [0, 0.1) is 0 Å². The third-order valence-electron chi connectivity index (χ3n) is 4.55. The molecule has 2 heterocycles. The Kier molecular flexibility index (Phi) is 4.81. The van der Waals surface area contributed by atoms with Crippen LogP contribution in [0.1, 0.15) is 35.2 Å². The van der Waals surface area contributed by atoms with E-state index in [1.807, 2.05) is 24.3 Å². The number of fused-ring (bicyclic) bond motifs is 2. The van der Waals surface area contributed by atoms with E-state index < -0.39 is 0 Å². The minimum absolute atomic E-state index is 0.0710. The van der Waals surface area contributed by atoms with Crippen molar-refractivity contribution in [2.24, 2.45) is 4.99 Å². The summed E-state index contributed by atoms with van der Waals surface area (Å²) in [6, 6.07) is 7.92. The van der Waals surface area contributed by atoms with Crippen molar-refractivity contribution < 1.29 is 9.53 Å². The van der Waals surface area contributed by atoms with E-state index in [1.54, 1.807) is 14.1 Å². The van der Waals surface area contributed by atoms with E-state index in [9.17, 15) is 4.79 Å². The van der Waals surface area contributed by atoms with E-state index in [0.29, 0.717) is 30.4 Å². The molecule has 0 spiro atoms. The number of amides is 1. The first-order chi connectivity index (χ1) is 11.2. The Labute approximate surface area is 136 Å². The van der Waals surface area contributed by atoms with Crippen LogP contribution in [0.4, 0.5) is 0 Å². The molecule has 2 saturated heterocycles. The standard InChI is InChI=1S/C17H24N4O2/c1-18-16(22)12-5-3-11(4-6-12)10-20-17(19-2)21-14-9-13-7-8-15(14)23-13/h3-6,13-15H,7-10H2,1-2H3,(H,18,22)(H2,19,20,21). The van der Waals surface area contributed by atoms with E-state index >= 15 is 0 Å². The number of rotatable bonds is 4.